The van der Waals surface area contributed by atoms with Gasteiger partial charge in [0.05, 0.1) is 10.7 Å². The number of carboxylic acids is 1. The van der Waals surface area contributed by atoms with Gasteiger partial charge in [-0.05, 0) is 24.6 Å². The van der Waals surface area contributed by atoms with Gasteiger partial charge in [0.1, 0.15) is 6.54 Å². The van der Waals surface area contributed by atoms with Crippen LogP contribution in [0.15, 0.2) is 18.2 Å². The van der Waals surface area contributed by atoms with Crippen molar-refractivity contribution in [1.29, 1.82) is 0 Å². The van der Waals surface area contributed by atoms with Crippen LogP contribution in [0.3, 0.4) is 0 Å². The van der Waals surface area contributed by atoms with Gasteiger partial charge >= 0.3 is 5.97 Å². The quantitative estimate of drug-likeness (QED) is 0.784. The van der Waals surface area contributed by atoms with E-state index in [1.165, 1.54) is 0 Å². The average molecular weight is 200 g/mol. The van der Waals surface area contributed by atoms with Crippen LogP contribution in [0.2, 0.25) is 5.02 Å². The summed E-state index contributed by atoms with van der Waals surface area (Å²) in [6, 6.07) is 5.42. The zero-order chi connectivity index (χ0) is 9.84. The van der Waals surface area contributed by atoms with Crippen molar-refractivity contribution >= 4 is 23.3 Å². The smallest absolute Gasteiger partial charge is 0.322 e. The predicted octanol–water partition coefficient (Wildman–Crippen LogP) is 2.14. The Balaban J connectivity index is 2.72. The Labute approximate surface area is 81.3 Å². The van der Waals surface area contributed by atoms with Crippen molar-refractivity contribution in [1.82, 2.24) is 0 Å². The fourth-order valence-electron chi connectivity index (χ4n) is 0.934. The summed E-state index contributed by atoms with van der Waals surface area (Å²) in [6.45, 7) is 1.80. The van der Waals surface area contributed by atoms with Crippen LogP contribution >= 0.6 is 11.6 Å². The first kappa shape index (κ1) is 9.86. The van der Waals surface area contributed by atoms with E-state index in [1.54, 1.807) is 12.1 Å². The van der Waals surface area contributed by atoms with Crippen LogP contribution in [0, 0.1) is 6.92 Å². The average Bonchev–Trinajstić information content (AvgIpc) is 2.02. The molecular formula is C9H10ClNO2. The highest BCUT2D eigenvalue weighted by molar-refractivity contribution is 6.33. The minimum atomic E-state index is -0.906. The lowest BCUT2D eigenvalue weighted by atomic mass is 10.2. The van der Waals surface area contributed by atoms with Crippen molar-refractivity contribution in [2.75, 3.05) is 11.9 Å². The zero-order valence-corrected chi connectivity index (χ0v) is 7.93. The van der Waals surface area contributed by atoms with Crippen molar-refractivity contribution in [3.63, 3.8) is 0 Å². The van der Waals surface area contributed by atoms with Gasteiger partial charge in [-0.3, -0.25) is 4.79 Å². The number of aliphatic carboxylic acids is 1. The molecule has 0 bridgehead atoms. The highest BCUT2D eigenvalue weighted by Crippen LogP contribution is 2.22. The molecule has 13 heavy (non-hydrogen) atoms. The number of carboxylic acid groups (broad SMARTS) is 1. The van der Waals surface area contributed by atoms with E-state index < -0.39 is 5.97 Å². The minimum Gasteiger partial charge on any atom is -0.480 e. The summed E-state index contributed by atoms with van der Waals surface area (Å²) in [5.74, 6) is -0.906. The molecule has 0 aliphatic heterocycles. The molecule has 0 spiro atoms. The molecule has 0 aliphatic rings. The number of rotatable bonds is 3. The normalized spacial score (nSPS) is 9.69. The van der Waals surface area contributed by atoms with Crippen molar-refractivity contribution in [2.24, 2.45) is 0 Å². The largest absolute Gasteiger partial charge is 0.480 e. The molecule has 0 saturated carbocycles. The Hall–Kier alpha value is -1.22. The third-order valence-corrected chi connectivity index (χ3v) is 1.87. The molecule has 70 valence electrons. The summed E-state index contributed by atoms with van der Waals surface area (Å²) >= 11 is 5.86. The molecule has 3 nitrogen and oxygen atoms in total. The van der Waals surface area contributed by atoms with E-state index in [1.807, 2.05) is 13.0 Å². The van der Waals surface area contributed by atoms with Gasteiger partial charge in [-0.2, -0.15) is 0 Å². The van der Waals surface area contributed by atoms with Crippen LogP contribution in [-0.4, -0.2) is 17.6 Å². The SMILES string of the molecule is Cc1ccc(NCC(=O)O)c(Cl)c1. The lowest BCUT2D eigenvalue weighted by Gasteiger charge is -2.05. The van der Waals surface area contributed by atoms with Gasteiger partial charge in [0, 0.05) is 0 Å². The molecule has 1 aromatic rings. The Morgan fingerprint density at radius 1 is 1.62 bits per heavy atom. The van der Waals surface area contributed by atoms with Crippen molar-refractivity contribution < 1.29 is 9.90 Å². The Kier molecular flexibility index (Phi) is 3.14. The molecule has 0 heterocycles. The topological polar surface area (TPSA) is 49.3 Å². The van der Waals surface area contributed by atoms with Crippen molar-refractivity contribution in [2.45, 2.75) is 6.92 Å². The molecule has 0 fully saturated rings. The number of hydrogen-bond acceptors (Lipinski definition) is 2. The van der Waals surface area contributed by atoms with Gasteiger partial charge in [0.15, 0.2) is 0 Å². The molecule has 2 N–H and O–H groups in total. The number of hydrogen-bond donors (Lipinski definition) is 2. The first-order chi connectivity index (χ1) is 6.09. The van der Waals surface area contributed by atoms with E-state index in [-0.39, 0.29) is 6.54 Å². The number of nitrogens with one attached hydrogen (secondary N) is 1. The molecular weight excluding hydrogens is 190 g/mol. The van der Waals surface area contributed by atoms with E-state index in [9.17, 15) is 4.79 Å². The van der Waals surface area contributed by atoms with Crippen LogP contribution in [-0.2, 0) is 4.79 Å². The lowest BCUT2D eigenvalue weighted by Crippen LogP contribution is -2.12. The highest BCUT2D eigenvalue weighted by Gasteiger charge is 2.01. The number of halogens is 1. The number of carbonyl (C=O) groups is 1. The molecule has 0 saturated heterocycles. The molecule has 0 unspecified atom stereocenters. The lowest BCUT2D eigenvalue weighted by molar-refractivity contribution is -0.134. The third kappa shape index (κ3) is 2.95. The molecule has 1 aromatic carbocycles. The molecule has 0 radical (unpaired) electrons. The first-order valence-corrected chi connectivity index (χ1v) is 4.19. The summed E-state index contributed by atoms with van der Waals surface area (Å²) in [6.07, 6.45) is 0. The fraction of sp³-hybridized carbons (Fsp3) is 0.222. The summed E-state index contributed by atoms with van der Waals surface area (Å²) < 4.78 is 0. The van der Waals surface area contributed by atoms with Crippen LogP contribution in [0.4, 0.5) is 5.69 Å². The maximum atomic E-state index is 10.2. The molecule has 0 atom stereocenters. The van der Waals surface area contributed by atoms with Crippen LogP contribution in [0.25, 0.3) is 0 Å². The molecule has 0 aliphatic carbocycles. The molecule has 0 aromatic heterocycles. The van der Waals surface area contributed by atoms with E-state index in [2.05, 4.69) is 5.32 Å². The van der Waals surface area contributed by atoms with Gasteiger partial charge < -0.3 is 10.4 Å². The second kappa shape index (κ2) is 4.14. The summed E-state index contributed by atoms with van der Waals surface area (Å²) in [5, 5.41) is 11.7. The van der Waals surface area contributed by atoms with Crippen molar-refractivity contribution in [3.05, 3.63) is 28.8 Å². The molecule has 0 amide bonds. The maximum absolute atomic E-state index is 10.2. The Morgan fingerprint density at radius 2 is 2.31 bits per heavy atom. The van der Waals surface area contributed by atoms with Gasteiger partial charge in [0.2, 0.25) is 0 Å². The summed E-state index contributed by atoms with van der Waals surface area (Å²) in [7, 11) is 0. The summed E-state index contributed by atoms with van der Waals surface area (Å²) in [4.78, 5) is 10.2. The highest BCUT2D eigenvalue weighted by atomic mass is 35.5. The zero-order valence-electron chi connectivity index (χ0n) is 7.17. The van der Waals surface area contributed by atoms with E-state index in [0.717, 1.165) is 5.56 Å². The number of anilines is 1. The number of benzene rings is 1. The van der Waals surface area contributed by atoms with Crippen LogP contribution in [0.1, 0.15) is 5.56 Å². The minimum absolute atomic E-state index is 0.122. The van der Waals surface area contributed by atoms with E-state index in [0.29, 0.717) is 10.7 Å². The van der Waals surface area contributed by atoms with E-state index >= 15 is 0 Å². The Bertz CT molecular complexity index is 325. The van der Waals surface area contributed by atoms with Gasteiger partial charge in [-0.1, -0.05) is 17.7 Å². The van der Waals surface area contributed by atoms with Gasteiger partial charge in [-0.15, -0.1) is 0 Å². The van der Waals surface area contributed by atoms with Gasteiger partial charge in [-0.25, -0.2) is 0 Å². The van der Waals surface area contributed by atoms with E-state index in [4.69, 9.17) is 16.7 Å². The van der Waals surface area contributed by atoms with Crippen molar-refractivity contribution in [3.8, 4) is 0 Å². The first-order valence-electron chi connectivity index (χ1n) is 3.81. The second-order valence-corrected chi connectivity index (χ2v) is 3.14. The predicted molar refractivity (Wildman–Crippen MR) is 52.3 cm³/mol. The fourth-order valence-corrected chi connectivity index (χ4v) is 1.24. The second-order valence-electron chi connectivity index (χ2n) is 2.73. The molecule has 4 heteroatoms. The van der Waals surface area contributed by atoms with Gasteiger partial charge in [0.25, 0.3) is 0 Å². The summed E-state index contributed by atoms with van der Waals surface area (Å²) in [5.41, 5.74) is 1.69. The maximum Gasteiger partial charge on any atom is 0.322 e. The standard InChI is InChI=1S/C9H10ClNO2/c1-6-2-3-8(7(10)4-6)11-5-9(12)13/h2-4,11H,5H2,1H3,(H,12,13). The Morgan fingerprint density at radius 3 is 2.85 bits per heavy atom. The number of aryl methyl sites for hydroxylation is 1. The van der Waals surface area contributed by atoms with Crippen LogP contribution in [0.5, 0.6) is 0 Å². The van der Waals surface area contributed by atoms with Crippen LogP contribution < -0.4 is 5.32 Å². The monoisotopic (exact) mass is 199 g/mol. The third-order valence-electron chi connectivity index (χ3n) is 1.55. The molecule has 1 rings (SSSR count).